The maximum Gasteiger partial charge on any atom is 0.231 e. The van der Waals surface area contributed by atoms with Crippen molar-refractivity contribution >= 4 is 11.6 Å². The molecule has 0 saturated carbocycles. The van der Waals surface area contributed by atoms with Gasteiger partial charge in [-0.05, 0) is 48.4 Å². The molecule has 0 aliphatic rings. The number of pyridine rings is 2. The van der Waals surface area contributed by atoms with Crippen LogP contribution in [0, 0.1) is 18.3 Å². The highest BCUT2D eigenvalue weighted by atomic mass is 35.5. The molecule has 2 aromatic rings. The van der Waals surface area contributed by atoms with E-state index in [1.807, 2.05) is 25.3 Å². The van der Waals surface area contributed by atoms with Gasteiger partial charge in [-0.15, -0.1) is 0 Å². The minimum absolute atomic E-state index is 0.260. The van der Waals surface area contributed by atoms with Gasteiger partial charge in [0.1, 0.15) is 11.6 Å². The third-order valence-corrected chi connectivity index (χ3v) is 4.45. The lowest BCUT2D eigenvalue weighted by Crippen LogP contribution is -2.06. The Kier molecular flexibility index (Phi) is 6.16. The Labute approximate surface area is 148 Å². The van der Waals surface area contributed by atoms with Gasteiger partial charge in [-0.2, -0.15) is 5.26 Å². The summed E-state index contributed by atoms with van der Waals surface area (Å²) in [5.74, 6) is 0.989. The van der Waals surface area contributed by atoms with Crippen molar-refractivity contribution in [3.05, 3.63) is 51.9 Å². The van der Waals surface area contributed by atoms with Crippen LogP contribution in [0.3, 0.4) is 0 Å². The molecule has 2 heterocycles. The number of halogens is 1. The first-order chi connectivity index (χ1) is 11.4. The fourth-order valence-electron chi connectivity index (χ4n) is 2.27. The Morgan fingerprint density at radius 2 is 1.88 bits per heavy atom. The lowest BCUT2D eigenvalue weighted by molar-refractivity contribution is 0.288. The zero-order valence-corrected chi connectivity index (χ0v) is 15.3. The topological polar surface area (TPSA) is 58.8 Å². The van der Waals surface area contributed by atoms with Crippen molar-refractivity contribution in [1.82, 2.24) is 9.97 Å². The number of aromatic nitrogens is 2. The number of hydrogen-bond donors (Lipinski definition) is 0. The zero-order chi connectivity index (χ0) is 17.7. The quantitative estimate of drug-likeness (QED) is 0.740. The summed E-state index contributed by atoms with van der Waals surface area (Å²) in [7, 11) is 0. The first-order valence-electron chi connectivity index (χ1n) is 8.07. The molecule has 0 bridgehead atoms. The maximum atomic E-state index is 9.27. The fraction of sp³-hybridized carbons (Fsp3) is 0.421. The van der Waals surface area contributed by atoms with E-state index in [0.717, 1.165) is 23.2 Å². The van der Waals surface area contributed by atoms with Gasteiger partial charge in [0.2, 0.25) is 5.88 Å². The van der Waals surface area contributed by atoms with E-state index in [-0.39, 0.29) is 5.92 Å². The Morgan fingerprint density at radius 3 is 2.50 bits per heavy atom. The van der Waals surface area contributed by atoms with Crippen LogP contribution in [0.4, 0.5) is 0 Å². The predicted molar refractivity (Wildman–Crippen MR) is 95.6 cm³/mol. The molecule has 2 rings (SSSR count). The van der Waals surface area contributed by atoms with E-state index in [1.165, 1.54) is 0 Å². The summed E-state index contributed by atoms with van der Waals surface area (Å²) in [6.07, 6.45) is 4.41. The predicted octanol–water partition coefficient (Wildman–Crippen LogP) is 5.01. The van der Waals surface area contributed by atoms with Crippen LogP contribution in [0.2, 0.25) is 5.02 Å². The number of rotatable bonds is 6. The third-order valence-electron chi connectivity index (χ3n) is 4.06. The van der Waals surface area contributed by atoms with E-state index in [2.05, 4.69) is 36.8 Å². The molecule has 2 aromatic heterocycles. The molecule has 1 unspecified atom stereocenters. The number of nitrogens with zero attached hydrogens (tertiary/aromatic N) is 3. The monoisotopic (exact) mass is 343 g/mol. The van der Waals surface area contributed by atoms with Gasteiger partial charge in [-0.3, -0.25) is 4.98 Å². The van der Waals surface area contributed by atoms with Crippen molar-refractivity contribution in [2.75, 3.05) is 6.61 Å². The van der Waals surface area contributed by atoms with Crippen molar-refractivity contribution in [3.8, 4) is 11.9 Å². The molecule has 0 aliphatic carbocycles. The molecule has 126 valence electrons. The summed E-state index contributed by atoms with van der Waals surface area (Å²) >= 11 is 6.13. The number of aryl methyl sites for hydroxylation is 1. The van der Waals surface area contributed by atoms with E-state index in [0.29, 0.717) is 29.0 Å². The van der Waals surface area contributed by atoms with Crippen molar-refractivity contribution < 1.29 is 4.74 Å². The van der Waals surface area contributed by atoms with Crippen LogP contribution in [0.1, 0.15) is 61.4 Å². The Hall–Kier alpha value is -2.12. The highest BCUT2D eigenvalue weighted by molar-refractivity contribution is 6.31. The molecule has 4 nitrogen and oxygen atoms in total. The van der Waals surface area contributed by atoms with Crippen LogP contribution < -0.4 is 4.74 Å². The van der Waals surface area contributed by atoms with Gasteiger partial charge in [-0.1, -0.05) is 32.4 Å². The van der Waals surface area contributed by atoms with Gasteiger partial charge < -0.3 is 4.74 Å². The zero-order valence-electron chi connectivity index (χ0n) is 14.5. The van der Waals surface area contributed by atoms with Crippen LogP contribution >= 0.6 is 11.6 Å². The van der Waals surface area contributed by atoms with Gasteiger partial charge in [0.15, 0.2) is 0 Å². The first kappa shape index (κ1) is 18.2. The molecule has 5 heteroatoms. The highest BCUT2D eigenvalue weighted by Gasteiger charge is 2.11. The van der Waals surface area contributed by atoms with E-state index in [4.69, 9.17) is 16.3 Å². The molecule has 0 N–H and O–H groups in total. The van der Waals surface area contributed by atoms with Crippen LogP contribution in [0.15, 0.2) is 24.5 Å². The fourth-order valence-corrected chi connectivity index (χ4v) is 2.44. The van der Waals surface area contributed by atoms with Gasteiger partial charge in [0.05, 0.1) is 17.3 Å². The average Bonchev–Trinajstić information content (AvgIpc) is 2.57. The Balaban J connectivity index is 1.98. The second-order valence-corrected chi connectivity index (χ2v) is 6.67. The summed E-state index contributed by atoms with van der Waals surface area (Å²) < 4.78 is 5.72. The number of hydrogen-bond acceptors (Lipinski definition) is 4. The lowest BCUT2D eigenvalue weighted by Gasteiger charge is -2.14. The third kappa shape index (κ3) is 4.46. The lowest BCUT2D eigenvalue weighted by atomic mass is 10.00. The maximum absolute atomic E-state index is 9.27. The normalized spacial score (nSPS) is 12.0. The Morgan fingerprint density at radius 1 is 1.17 bits per heavy atom. The van der Waals surface area contributed by atoms with Crippen LogP contribution in [-0.2, 0) is 0 Å². The van der Waals surface area contributed by atoms with E-state index in [1.54, 1.807) is 6.20 Å². The minimum Gasteiger partial charge on any atom is -0.477 e. The summed E-state index contributed by atoms with van der Waals surface area (Å²) in [5, 5.41) is 9.95. The van der Waals surface area contributed by atoms with Gasteiger partial charge >= 0.3 is 0 Å². The first-order valence-corrected chi connectivity index (χ1v) is 8.45. The summed E-state index contributed by atoms with van der Waals surface area (Å²) in [6, 6.07) is 5.96. The van der Waals surface area contributed by atoms with Crippen molar-refractivity contribution in [3.63, 3.8) is 0 Å². The molecule has 1 atom stereocenters. The van der Waals surface area contributed by atoms with Gasteiger partial charge in [0.25, 0.3) is 0 Å². The van der Waals surface area contributed by atoms with Crippen LogP contribution in [0.25, 0.3) is 0 Å². The minimum atomic E-state index is 0.260. The molecule has 0 amide bonds. The second-order valence-electron chi connectivity index (χ2n) is 6.26. The SMILES string of the molecule is Cc1ncc(C(C)CCOc2ncc(C(C)C)cc2C#N)cc1Cl. The van der Waals surface area contributed by atoms with Crippen molar-refractivity contribution in [1.29, 1.82) is 5.26 Å². The molecule has 0 aliphatic heterocycles. The van der Waals surface area contributed by atoms with E-state index in [9.17, 15) is 5.26 Å². The molecular formula is C19H22ClN3O. The molecule has 0 saturated heterocycles. The van der Waals surface area contributed by atoms with Gasteiger partial charge in [-0.25, -0.2) is 4.98 Å². The van der Waals surface area contributed by atoms with Crippen LogP contribution in [-0.4, -0.2) is 16.6 Å². The number of ether oxygens (including phenoxy) is 1. The highest BCUT2D eigenvalue weighted by Crippen LogP contribution is 2.24. The van der Waals surface area contributed by atoms with Crippen LogP contribution in [0.5, 0.6) is 5.88 Å². The molecule has 0 spiro atoms. The van der Waals surface area contributed by atoms with E-state index < -0.39 is 0 Å². The van der Waals surface area contributed by atoms with E-state index >= 15 is 0 Å². The summed E-state index contributed by atoms with van der Waals surface area (Å²) in [6.45, 7) is 8.61. The standard InChI is InChI=1S/C19H22ClN3O/c1-12(2)16-7-15(9-21)19(23-10-16)24-6-5-13(3)17-8-18(20)14(4)22-11-17/h7-8,10-13H,5-6H2,1-4H3. The average molecular weight is 344 g/mol. The largest absolute Gasteiger partial charge is 0.477 e. The molecule has 0 radical (unpaired) electrons. The van der Waals surface area contributed by atoms with Crippen molar-refractivity contribution in [2.45, 2.75) is 46.0 Å². The summed E-state index contributed by atoms with van der Waals surface area (Å²) in [5.41, 5.74) is 3.43. The molecule has 0 aromatic carbocycles. The molecule has 0 fully saturated rings. The van der Waals surface area contributed by atoms with Crippen molar-refractivity contribution in [2.24, 2.45) is 0 Å². The second kappa shape index (κ2) is 8.12. The van der Waals surface area contributed by atoms with Gasteiger partial charge in [0, 0.05) is 12.4 Å². The Bertz CT molecular complexity index is 753. The molecular weight excluding hydrogens is 322 g/mol. The smallest absolute Gasteiger partial charge is 0.231 e. The number of nitriles is 1. The summed E-state index contributed by atoms with van der Waals surface area (Å²) in [4.78, 5) is 8.58. The molecule has 24 heavy (non-hydrogen) atoms.